The number of rotatable bonds is 12. The molecule has 1 aliphatic rings. The molecule has 1 aliphatic heterocycles. The third kappa shape index (κ3) is 9.31. The second-order valence-corrected chi connectivity index (χ2v) is 10.8. The molecule has 220 valence electrons. The van der Waals surface area contributed by atoms with Gasteiger partial charge in [0.05, 0.1) is 6.04 Å². The summed E-state index contributed by atoms with van der Waals surface area (Å²) in [6.45, 7) is 4.06. The lowest BCUT2D eigenvalue weighted by Gasteiger charge is -2.29. The summed E-state index contributed by atoms with van der Waals surface area (Å²) in [4.78, 5) is 32.6. The average molecular weight is 567 g/mol. The number of guanidine groups is 1. The van der Waals surface area contributed by atoms with Crippen LogP contribution in [0.3, 0.4) is 0 Å². The molecule has 2 amide bonds. The summed E-state index contributed by atoms with van der Waals surface area (Å²) in [5.41, 5.74) is 15.5. The highest BCUT2D eigenvalue weighted by molar-refractivity contribution is 5.91. The summed E-state index contributed by atoms with van der Waals surface area (Å²) in [5, 5.41) is 6.54. The Balaban J connectivity index is 1.46. The minimum absolute atomic E-state index is 0.0433. The lowest BCUT2D eigenvalue weighted by Crippen LogP contribution is -2.49. The molecule has 6 N–H and O–H groups in total. The standard InChI is InChI=1S/C34H42N6O2/c1-25-14-16-26(17-15-25)18-19-32(41)38-23-29-20-22-40(33(42)31(39-29)13-8-21-37-34(35)36)24-30(27-9-4-2-5-10-27)28-11-6-3-7-12-28/h2-7,9-12,14-19,29-31,39H,8,13,20-24H2,1H3,(H,38,41)(H4,35,36,37)/b19-18+/t29?,31-/m0/s1. The van der Waals surface area contributed by atoms with Crippen LogP contribution in [-0.4, -0.2) is 60.9 Å². The predicted molar refractivity (Wildman–Crippen MR) is 170 cm³/mol. The van der Waals surface area contributed by atoms with E-state index < -0.39 is 6.04 Å². The molecule has 0 aliphatic carbocycles. The average Bonchev–Trinajstić information content (AvgIpc) is 3.15. The van der Waals surface area contributed by atoms with E-state index in [1.165, 1.54) is 16.7 Å². The molecular weight excluding hydrogens is 524 g/mol. The van der Waals surface area contributed by atoms with Gasteiger partial charge in [0.2, 0.25) is 11.8 Å². The molecule has 0 bridgehead atoms. The van der Waals surface area contributed by atoms with E-state index in [9.17, 15) is 9.59 Å². The fraction of sp³-hybridized carbons (Fsp3) is 0.324. The summed E-state index contributed by atoms with van der Waals surface area (Å²) >= 11 is 0. The van der Waals surface area contributed by atoms with Crippen LogP contribution in [0, 0.1) is 6.92 Å². The van der Waals surface area contributed by atoms with Crippen molar-refractivity contribution in [3.63, 3.8) is 0 Å². The maximum atomic E-state index is 13.9. The van der Waals surface area contributed by atoms with Crippen molar-refractivity contribution in [2.24, 2.45) is 16.5 Å². The first kappa shape index (κ1) is 30.5. The van der Waals surface area contributed by atoms with Crippen molar-refractivity contribution in [3.05, 3.63) is 113 Å². The van der Waals surface area contributed by atoms with Gasteiger partial charge in [-0.2, -0.15) is 0 Å². The molecule has 0 radical (unpaired) electrons. The van der Waals surface area contributed by atoms with Gasteiger partial charge in [0.25, 0.3) is 0 Å². The Hall–Kier alpha value is -4.43. The van der Waals surface area contributed by atoms with Gasteiger partial charge in [-0.05, 0) is 49.0 Å². The zero-order valence-corrected chi connectivity index (χ0v) is 24.3. The molecule has 0 spiro atoms. The van der Waals surface area contributed by atoms with Crippen molar-refractivity contribution in [1.82, 2.24) is 15.5 Å². The van der Waals surface area contributed by atoms with Crippen LogP contribution in [0.4, 0.5) is 0 Å². The highest BCUT2D eigenvalue weighted by atomic mass is 16.2. The number of aliphatic imine (C=N–C) groups is 1. The van der Waals surface area contributed by atoms with Crippen LogP contribution < -0.4 is 22.1 Å². The Morgan fingerprint density at radius 1 is 1.02 bits per heavy atom. The smallest absolute Gasteiger partial charge is 0.244 e. The lowest BCUT2D eigenvalue weighted by atomic mass is 9.90. The molecule has 1 saturated heterocycles. The number of carbonyl (C=O) groups excluding carboxylic acids is 2. The van der Waals surface area contributed by atoms with Crippen LogP contribution >= 0.6 is 0 Å². The SMILES string of the molecule is Cc1ccc(/C=C/C(=O)NCC2CCN(CC(c3ccccc3)c3ccccc3)C(=O)[C@H](CCCN=C(N)N)N2)cc1. The van der Waals surface area contributed by atoms with E-state index in [4.69, 9.17) is 11.5 Å². The van der Waals surface area contributed by atoms with Gasteiger partial charge < -0.3 is 27.0 Å². The summed E-state index contributed by atoms with van der Waals surface area (Å²) < 4.78 is 0. The fourth-order valence-corrected chi connectivity index (χ4v) is 5.26. The fourth-order valence-electron chi connectivity index (χ4n) is 5.26. The zero-order chi connectivity index (χ0) is 29.7. The number of aryl methyl sites for hydroxylation is 1. The number of nitrogens with two attached hydrogens (primary N) is 2. The molecule has 0 aromatic heterocycles. The van der Waals surface area contributed by atoms with E-state index in [0.717, 1.165) is 5.56 Å². The highest BCUT2D eigenvalue weighted by Gasteiger charge is 2.32. The van der Waals surface area contributed by atoms with E-state index in [1.807, 2.05) is 72.5 Å². The van der Waals surface area contributed by atoms with Crippen molar-refractivity contribution in [3.8, 4) is 0 Å². The monoisotopic (exact) mass is 566 g/mol. The third-order valence-corrected chi connectivity index (χ3v) is 7.57. The highest BCUT2D eigenvalue weighted by Crippen LogP contribution is 2.27. The summed E-state index contributed by atoms with van der Waals surface area (Å²) in [6.07, 6.45) is 5.32. The first-order chi connectivity index (χ1) is 20.4. The quantitative estimate of drug-likeness (QED) is 0.115. The third-order valence-electron chi connectivity index (χ3n) is 7.57. The Morgan fingerprint density at radius 2 is 1.67 bits per heavy atom. The minimum atomic E-state index is -0.404. The number of hydrogen-bond acceptors (Lipinski definition) is 4. The molecule has 1 unspecified atom stereocenters. The Bertz CT molecular complexity index is 1300. The first-order valence-corrected chi connectivity index (χ1v) is 14.6. The largest absolute Gasteiger partial charge is 0.370 e. The van der Waals surface area contributed by atoms with Gasteiger partial charge in [0, 0.05) is 44.2 Å². The summed E-state index contributed by atoms with van der Waals surface area (Å²) in [5.74, 6) is -0.0154. The Labute approximate surface area is 248 Å². The van der Waals surface area contributed by atoms with Gasteiger partial charge in [0.15, 0.2) is 5.96 Å². The molecule has 1 fully saturated rings. The van der Waals surface area contributed by atoms with E-state index in [-0.39, 0.29) is 29.7 Å². The maximum Gasteiger partial charge on any atom is 0.244 e. The first-order valence-electron chi connectivity index (χ1n) is 14.6. The second kappa shape index (κ2) is 15.5. The molecular formula is C34H42N6O2. The molecule has 3 aromatic carbocycles. The topological polar surface area (TPSA) is 126 Å². The number of carbonyl (C=O) groups is 2. The maximum absolute atomic E-state index is 13.9. The minimum Gasteiger partial charge on any atom is -0.370 e. The number of hydrogen-bond donors (Lipinski definition) is 4. The van der Waals surface area contributed by atoms with Crippen LogP contribution in [0.1, 0.15) is 47.4 Å². The van der Waals surface area contributed by atoms with Crippen LogP contribution in [0.2, 0.25) is 0 Å². The van der Waals surface area contributed by atoms with Crippen LogP contribution in [0.5, 0.6) is 0 Å². The predicted octanol–water partition coefficient (Wildman–Crippen LogP) is 3.57. The van der Waals surface area contributed by atoms with E-state index in [1.54, 1.807) is 12.2 Å². The van der Waals surface area contributed by atoms with Crippen molar-refractivity contribution >= 4 is 23.8 Å². The number of nitrogens with one attached hydrogen (secondary N) is 2. The normalized spacial score (nSPS) is 17.3. The molecule has 0 saturated carbocycles. The van der Waals surface area contributed by atoms with E-state index >= 15 is 0 Å². The molecule has 4 rings (SSSR count). The van der Waals surface area contributed by atoms with E-state index in [0.29, 0.717) is 45.4 Å². The summed E-state index contributed by atoms with van der Waals surface area (Å²) in [6, 6.07) is 28.2. The van der Waals surface area contributed by atoms with Crippen molar-refractivity contribution in [2.75, 3.05) is 26.2 Å². The van der Waals surface area contributed by atoms with Crippen molar-refractivity contribution in [2.45, 2.75) is 44.2 Å². The van der Waals surface area contributed by atoms with Crippen molar-refractivity contribution < 1.29 is 9.59 Å². The van der Waals surface area contributed by atoms with E-state index in [2.05, 4.69) is 39.9 Å². The number of benzene rings is 3. The molecule has 42 heavy (non-hydrogen) atoms. The molecule has 8 heteroatoms. The zero-order valence-electron chi connectivity index (χ0n) is 24.3. The number of nitrogens with zero attached hydrogens (tertiary/aromatic N) is 2. The van der Waals surface area contributed by atoms with Crippen LogP contribution in [-0.2, 0) is 9.59 Å². The Morgan fingerprint density at radius 3 is 2.29 bits per heavy atom. The van der Waals surface area contributed by atoms with Gasteiger partial charge in [-0.25, -0.2) is 0 Å². The Kier molecular flexibility index (Phi) is 11.3. The van der Waals surface area contributed by atoms with Gasteiger partial charge in [-0.15, -0.1) is 0 Å². The second-order valence-electron chi connectivity index (χ2n) is 10.8. The van der Waals surface area contributed by atoms with Crippen molar-refractivity contribution in [1.29, 1.82) is 0 Å². The van der Waals surface area contributed by atoms with Gasteiger partial charge >= 0.3 is 0 Å². The van der Waals surface area contributed by atoms with Crippen LogP contribution in [0.25, 0.3) is 6.08 Å². The lowest BCUT2D eigenvalue weighted by molar-refractivity contribution is -0.133. The van der Waals surface area contributed by atoms with Gasteiger partial charge in [-0.1, -0.05) is 90.5 Å². The molecule has 1 heterocycles. The molecule has 8 nitrogen and oxygen atoms in total. The van der Waals surface area contributed by atoms with Gasteiger partial charge in [-0.3, -0.25) is 14.6 Å². The molecule has 3 aromatic rings. The van der Waals surface area contributed by atoms with Gasteiger partial charge in [0.1, 0.15) is 0 Å². The number of amides is 2. The molecule has 2 atom stereocenters. The van der Waals surface area contributed by atoms with Crippen LogP contribution in [0.15, 0.2) is 96.0 Å². The summed E-state index contributed by atoms with van der Waals surface area (Å²) in [7, 11) is 0.